The average molecular weight is 303 g/mol. The van der Waals surface area contributed by atoms with E-state index in [-0.39, 0.29) is 5.41 Å². The molecule has 0 radical (unpaired) electrons. The molecule has 5 nitrogen and oxygen atoms in total. The lowest BCUT2D eigenvalue weighted by Crippen LogP contribution is -2.47. The van der Waals surface area contributed by atoms with Crippen LogP contribution in [-0.2, 0) is 10.2 Å². The van der Waals surface area contributed by atoms with Crippen molar-refractivity contribution in [3.8, 4) is 0 Å². The van der Waals surface area contributed by atoms with E-state index < -0.39 is 10.2 Å². The van der Waals surface area contributed by atoms with Gasteiger partial charge in [-0.15, -0.1) is 0 Å². The summed E-state index contributed by atoms with van der Waals surface area (Å²) in [7, 11) is -1.32. The Labute approximate surface area is 123 Å². The zero-order valence-electron chi connectivity index (χ0n) is 12.8. The fraction of sp³-hybridized carbons (Fsp3) is 1.00. The van der Waals surface area contributed by atoms with Crippen LogP contribution in [0.5, 0.6) is 0 Å². The van der Waals surface area contributed by atoms with E-state index >= 15 is 0 Å². The highest BCUT2D eigenvalue weighted by atomic mass is 32.2. The lowest BCUT2D eigenvalue weighted by atomic mass is 9.98. The summed E-state index contributed by atoms with van der Waals surface area (Å²) in [5, 5.41) is 3.17. The summed E-state index contributed by atoms with van der Waals surface area (Å²) < 4.78 is 29.1. The maximum Gasteiger partial charge on any atom is 0.279 e. The molecular formula is C14H29N3O2S. The standard InChI is InChI=1S/C14H29N3O2S/c1-3-6-14(7-8-14)12-16-20(18,19)17-9-4-13(5-10-17)11-15-2/h13,15-16H,3-12H2,1-2H3. The predicted molar refractivity (Wildman–Crippen MR) is 81.7 cm³/mol. The van der Waals surface area contributed by atoms with Gasteiger partial charge < -0.3 is 5.32 Å². The molecule has 0 aromatic heterocycles. The van der Waals surface area contributed by atoms with Gasteiger partial charge in [0.25, 0.3) is 10.2 Å². The third-order valence-electron chi connectivity index (χ3n) is 4.77. The second kappa shape index (κ2) is 6.73. The molecule has 2 fully saturated rings. The van der Waals surface area contributed by atoms with Crippen molar-refractivity contribution in [2.45, 2.75) is 45.4 Å². The van der Waals surface area contributed by atoms with Crippen molar-refractivity contribution in [2.24, 2.45) is 11.3 Å². The zero-order chi connectivity index (χ0) is 14.6. The Morgan fingerprint density at radius 3 is 2.40 bits per heavy atom. The Kier molecular flexibility index (Phi) is 5.45. The molecule has 20 heavy (non-hydrogen) atoms. The molecule has 0 amide bonds. The smallest absolute Gasteiger partial charge is 0.279 e. The van der Waals surface area contributed by atoms with Gasteiger partial charge in [0.1, 0.15) is 0 Å². The Bertz CT molecular complexity index is 399. The zero-order valence-corrected chi connectivity index (χ0v) is 13.6. The van der Waals surface area contributed by atoms with E-state index in [1.165, 1.54) is 12.8 Å². The van der Waals surface area contributed by atoms with Gasteiger partial charge in [0.2, 0.25) is 0 Å². The summed E-state index contributed by atoms with van der Waals surface area (Å²) in [6.07, 6.45) is 6.54. The fourth-order valence-electron chi connectivity index (χ4n) is 3.20. The van der Waals surface area contributed by atoms with Crippen LogP contribution in [0.2, 0.25) is 0 Å². The van der Waals surface area contributed by atoms with E-state index in [4.69, 9.17) is 0 Å². The monoisotopic (exact) mass is 303 g/mol. The molecule has 1 saturated carbocycles. The van der Waals surface area contributed by atoms with Crippen LogP contribution in [0.1, 0.15) is 45.4 Å². The van der Waals surface area contributed by atoms with Crippen molar-refractivity contribution in [2.75, 3.05) is 33.2 Å². The molecule has 0 aromatic carbocycles. The Balaban J connectivity index is 1.79. The van der Waals surface area contributed by atoms with Gasteiger partial charge in [-0.3, -0.25) is 0 Å². The minimum atomic E-state index is -3.27. The molecule has 0 spiro atoms. The third-order valence-corrected chi connectivity index (χ3v) is 6.33. The summed E-state index contributed by atoms with van der Waals surface area (Å²) in [5.74, 6) is 0.612. The number of nitrogens with zero attached hydrogens (tertiary/aromatic N) is 1. The van der Waals surface area contributed by atoms with E-state index in [9.17, 15) is 8.42 Å². The molecule has 118 valence electrons. The van der Waals surface area contributed by atoms with Gasteiger partial charge in [-0.2, -0.15) is 12.7 Å². The quantitative estimate of drug-likeness (QED) is 0.711. The summed E-state index contributed by atoms with van der Waals surface area (Å²) in [5.41, 5.74) is 0.270. The van der Waals surface area contributed by atoms with E-state index in [0.717, 1.165) is 32.2 Å². The molecule has 0 aromatic rings. The lowest BCUT2D eigenvalue weighted by Gasteiger charge is -2.31. The molecule has 0 unspecified atom stereocenters. The van der Waals surface area contributed by atoms with Crippen molar-refractivity contribution in [3.05, 3.63) is 0 Å². The van der Waals surface area contributed by atoms with Crippen molar-refractivity contribution >= 4 is 10.2 Å². The number of hydrogen-bond donors (Lipinski definition) is 2. The fourth-order valence-corrected chi connectivity index (χ4v) is 4.56. The molecule has 0 atom stereocenters. The molecule has 2 N–H and O–H groups in total. The number of nitrogens with one attached hydrogen (secondary N) is 2. The van der Waals surface area contributed by atoms with Gasteiger partial charge in [-0.05, 0) is 57.0 Å². The minimum absolute atomic E-state index is 0.270. The molecule has 1 aliphatic heterocycles. The van der Waals surface area contributed by atoms with Gasteiger partial charge in [0, 0.05) is 19.6 Å². The third kappa shape index (κ3) is 4.16. The molecule has 6 heteroatoms. The highest BCUT2D eigenvalue weighted by molar-refractivity contribution is 7.87. The number of rotatable bonds is 8. The maximum atomic E-state index is 12.3. The molecular weight excluding hydrogens is 274 g/mol. The SMILES string of the molecule is CCCC1(CNS(=O)(=O)N2CCC(CNC)CC2)CC1. The lowest BCUT2D eigenvalue weighted by molar-refractivity contribution is 0.267. The van der Waals surface area contributed by atoms with Crippen LogP contribution in [0.25, 0.3) is 0 Å². The van der Waals surface area contributed by atoms with Crippen LogP contribution in [-0.4, -0.2) is 45.9 Å². The predicted octanol–water partition coefficient (Wildman–Crippen LogP) is 1.33. The first kappa shape index (κ1) is 16.2. The van der Waals surface area contributed by atoms with Crippen LogP contribution >= 0.6 is 0 Å². The molecule has 2 aliphatic rings. The van der Waals surface area contributed by atoms with Crippen molar-refractivity contribution in [1.82, 2.24) is 14.3 Å². The van der Waals surface area contributed by atoms with Gasteiger partial charge in [0.15, 0.2) is 0 Å². The van der Waals surface area contributed by atoms with E-state index in [0.29, 0.717) is 25.6 Å². The van der Waals surface area contributed by atoms with Gasteiger partial charge in [0.05, 0.1) is 0 Å². The first-order chi connectivity index (χ1) is 9.51. The van der Waals surface area contributed by atoms with Gasteiger partial charge in [-0.1, -0.05) is 13.3 Å². The summed E-state index contributed by atoms with van der Waals surface area (Å²) in [6, 6.07) is 0. The first-order valence-corrected chi connectivity index (χ1v) is 9.35. The molecule has 0 bridgehead atoms. The Hall–Kier alpha value is -0.170. The highest BCUT2D eigenvalue weighted by Gasteiger charge is 2.42. The van der Waals surface area contributed by atoms with Gasteiger partial charge >= 0.3 is 0 Å². The average Bonchev–Trinajstić information content (AvgIpc) is 3.19. The Morgan fingerprint density at radius 1 is 1.25 bits per heavy atom. The molecule has 2 rings (SSSR count). The second-order valence-electron chi connectivity index (χ2n) is 6.48. The minimum Gasteiger partial charge on any atom is -0.319 e. The van der Waals surface area contributed by atoms with Crippen molar-refractivity contribution in [3.63, 3.8) is 0 Å². The van der Waals surface area contributed by atoms with Gasteiger partial charge in [-0.25, -0.2) is 4.72 Å². The molecule has 1 aliphatic carbocycles. The van der Waals surface area contributed by atoms with Crippen LogP contribution in [0.3, 0.4) is 0 Å². The topological polar surface area (TPSA) is 61.4 Å². The second-order valence-corrected chi connectivity index (χ2v) is 8.23. The van der Waals surface area contributed by atoms with Crippen LogP contribution < -0.4 is 10.0 Å². The van der Waals surface area contributed by atoms with Crippen LogP contribution in [0.4, 0.5) is 0 Å². The van der Waals surface area contributed by atoms with E-state index in [2.05, 4.69) is 17.0 Å². The van der Waals surface area contributed by atoms with Crippen LogP contribution in [0, 0.1) is 11.3 Å². The number of hydrogen-bond acceptors (Lipinski definition) is 3. The summed E-state index contributed by atoms with van der Waals surface area (Å²) in [6.45, 7) is 5.09. The Morgan fingerprint density at radius 2 is 1.90 bits per heavy atom. The van der Waals surface area contributed by atoms with E-state index in [1.807, 2.05) is 7.05 Å². The maximum absolute atomic E-state index is 12.3. The summed E-state index contributed by atoms with van der Waals surface area (Å²) in [4.78, 5) is 0. The van der Waals surface area contributed by atoms with Crippen molar-refractivity contribution in [1.29, 1.82) is 0 Å². The largest absolute Gasteiger partial charge is 0.319 e. The number of piperidine rings is 1. The normalized spacial score (nSPS) is 23.9. The van der Waals surface area contributed by atoms with E-state index in [1.54, 1.807) is 4.31 Å². The first-order valence-electron chi connectivity index (χ1n) is 7.91. The van der Waals surface area contributed by atoms with Crippen LogP contribution in [0.15, 0.2) is 0 Å². The highest BCUT2D eigenvalue weighted by Crippen LogP contribution is 2.49. The van der Waals surface area contributed by atoms with Crippen molar-refractivity contribution < 1.29 is 8.42 Å². The molecule has 1 saturated heterocycles. The molecule has 1 heterocycles. The summed E-state index contributed by atoms with van der Waals surface area (Å²) >= 11 is 0.